The molecular weight excluding hydrogens is 1140 g/mol. The lowest BCUT2D eigenvalue weighted by molar-refractivity contribution is -0.403. The van der Waals surface area contributed by atoms with Crippen LogP contribution in [-0.4, -0.2) is 262 Å². The smallest absolute Gasteiger partial charge is 0.335 e. The van der Waals surface area contributed by atoms with E-state index < -0.39 is 184 Å². The largest absolute Gasteiger partial charge is 0.479 e. The van der Waals surface area contributed by atoms with Crippen molar-refractivity contribution in [3.63, 3.8) is 0 Å². The quantitative estimate of drug-likeness (QED) is 0.100. The number of aliphatic hydroxyl groups excluding tert-OH is 13. The lowest BCUT2D eigenvalue weighted by atomic mass is 9.30. The molecule has 0 aromatic carbocycles. The Labute approximate surface area is 501 Å². The number of rotatable bonds is 12. The molecule has 0 aromatic heterocycles. The Balaban J connectivity index is 0.797. The van der Waals surface area contributed by atoms with Crippen LogP contribution in [0.25, 0.3) is 0 Å². The first-order valence-electron chi connectivity index (χ1n) is 31.3. The molecule has 86 heavy (non-hydrogen) atoms. The Morgan fingerprint density at radius 2 is 1.00 bits per heavy atom. The first-order chi connectivity index (χ1) is 40.1. The van der Waals surface area contributed by atoms with E-state index in [0.29, 0.717) is 19.4 Å². The maximum atomic E-state index is 13.3. The molecule has 2 bridgehead atoms. The van der Waals surface area contributed by atoms with Crippen LogP contribution in [0.5, 0.6) is 0 Å². The summed E-state index contributed by atoms with van der Waals surface area (Å²) in [6.45, 7) is 20.0. The molecule has 35 atom stereocenters. The zero-order valence-corrected chi connectivity index (χ0v) is 51.0. The Kier molecular flexibility index (Phi) is 17.8. The highest BCUT2D eigenvalue weighted by atomic mass is 16.8. The van der Waals surface area contributed by atoms with E-state index in [0.717, 1.165) is 51.4 Å². The van der Waals surface area contributed by atoms with Crippen LogP contribution in [0.1, 0.15) is 133 Å². The number of hydrogen-bond donors (Lipinski definition) is 14. The summed E-state index contributed by atoms with van der Waals surface area (Å²) in [5.74, 6) is -1.01. The third kappa shape index (κ3) is 10.1. The summed E-state index contributed by atoms with van der Waals surface area (Å²) in [5, 5.41) is 156. The van der Waals surface area contributed by atoms with Gasteiger partial charge in [0.1, 0.15) is 97.7 Å². The first-order valence-corrected chi connectivity index (χ1v) is 31.3. The molecule has 494 valence electrons. The molecule has 11 aliphatic rings. The van der Waals surface area contributed by atoms with Gasteiger partial charge in [-0.15, -0.1) is 0 Å². The summed E-state index contributed by atoms with van der Waals surface area (Å²) < 4.78 is 67.3. The summed E-state index contributed by atoms with van der Waals surface area (Å²) >= 11 is 0. The molecule has 35 unspecified atom stereocenters. The van der Waals surface area contributed by atoms with E-state index in [1.165, 1.54) is 20.8 Å². The zero-order valence-electron chi connectivity index (χ0n) is 51.0. The van der Waals surface area contributed by atoms with Crippen molar-refractivity contribution in [3.05, 3.63) is 0 Å². The van der Waals surface area contributed by atoms with Gasteiger partial charge < -0.3 is 124 Å². The molecule has 0 radical (unpaired) electrons. The summed E-state index contributed by atoms with van der Waals surface area (Å²) in [4.78, 5) is 13.3. The zero-order chi connectivity index (χ0) is 62.7. The van der Waals surface area contributed by atoms with Crippen molar-refractivity contribution < 1.29 is 128 Å². The van der Waals surface area contributed by atoms with E-state index in [2.05, 4.69) is 48.5 Å². The second kappa shape index (κ2) is 23.2. The highest BCUT2D eigenvalue weighted by Gasteiger charge is 2.80. The number of aliphatic hydroxyl groups is 13. The minimum atomic E-state index is -2.12. The first kappa shape index (κ1) is 66.0. The molecule has 0 amide bonds. The molecule has 6 aliphatic heterocycles. The molecule has 11 rings (SSSR count). The number of ether oxygens (including phenoxy) is 11. The average molecular weight is 1240 g/mol. The van der Waals surface area contributed by atoms with Crippen molar-refractivity contribution >= 4 is 5.97 Å². The van der Waals surface area contributed by atoms with Gasteiger partial charge in [-0.3, -0.25) is 0 Å². The maximum absolute atomic E-state index is 13.3. The molecule has 1 spiro atoms. The highest BCUT2D eigenvalue weighted by molar-refractivity contribution is 5.73. The van der Waals surface area contributed by atoms with Gasteiger partial charge >= 0.3 is 5.97 Å². The maximum Gasteiger partial charge on any atom is 0.335 e. The van der Waals surface area contributed by atoms with Gasteiger partial charge in [-0.1, -0.05) is 48.5 Å². The van der Waals surface area contributed by atoms with Gasteiger partial charge in [-0.2, -0.15) is 0 Å². The lowest BCUT2D eigenvalue weighted by Crippen LogP contribution is -2.74. The van der Waals surface area contributed by atoms with Crippen LogP contribution in [0.4, 0.5) is 0 Å². The van der Waals surface area contributed by atoms with Crippen molar-refractivity contribution in [1.29, 1.82) is 0 Å². The third-order valence-electron chi connectivity index (χ3n) is 24.6. The number of fused-ring (bicyclic) bond motifs is 4. The van der Waals surface area contributed by atoms with Crippen LogP contribution in [-0.2, 0) is 56.9 Å². The van der Waals surface area contributed by atoms with Crippen LogP contribution < -0.4 is 0 Å². The van der Waals surface area contributed by atoms with Gasteiger partial charge in [0.25, 0.3) is 0 Å². The van der Waals surface area contributed by atoms with Crippen molar-refractivity contribution in [2.75, 3.05) is 13.2 Å². The number of carboxylic acids is 1. The van der Waals surface area contributed by atoms with Crippen LogP contribution in [0.3, 0.4) is 0 Å². The van der Waals surface area contributed by atoms with Crippen molar-refractivity contribution in [3.8, 4) is 0 Å². The number of hydrogen-bond acceptors (Lipinski definition) is 25. The molecule has 0 aromatic rings. The third-order valence-corrected chi connectivity index (χ3v) is 24.6. The van der Waals surface area contributed by atoms with Gasteiger partial charge in [0, 0.05) is 10.8 Å². The van der Waals surface area contributed by atoms with Crippen LogP contribution in [0.2, 0.25) is 0 Å². The number of carbonyl (C=O) groups is 1. The average Bonchev–Trinajstić information content (AvgIpc) is 1.29. The Morgan fingerprint density at radius 3 is 1.59 bits per heavy atom. The standard InChI is InChI=1S/C60H98O26/c1-23-32(63)34(65)38(69)49(77-23)82-43-25(3)79-51(40(71)36(43)67)83-44-26(21-61)80-53(46(42(44)73)85-50-39(70)35(66)33(64)24(2)78-50)84-45-37(68)41(72)52(86-47(45)48(74)75)81-31-13-14-56(8)27(55(31,6)7)11-15-57(9)28(56)12-16-60-29-19-54(4,5)17-18-59(29,22-76-60)30(62)20-58(57,60)10/h23-47,49-53,61-73H,11-22H2,1-10H3,(H,74,75). The van der Waals surface area contributed by atoms with Crippen molar-refractivity contribution in [2.24, 2.45) is 50.2 Å². The van der Waals surface area contributed by atoms with E-state index in [4.69, 9.17) is 52.1 Å². The van der Waals surface area contributed by atoms with E-state index in [1.54, 1.807) is 0 Å². The monoisotopic (exact) mass is 1230 g/mol. The molecule has 5 saturated carbocycles. The number of carboxylic acid groups (broad SMARTS) is 1. The molecule has 14 N–H and O–H groups in total. The van der Waals surface area contributed by atoms with Crippen molar-refractivity contribution in [2.45, 2.75) is 305 Å². The summed E-state index contributed by atoms with van der Waals surface area (Å²) in [7, 11) is 0. The molecule has 11 fully saturated rings. The fourth-order valence-electron chi connectivity index (χ4n) is 19.4. The summed E-state index contributed by atoms with van der Waals surface area (Å²) in [6.07, 6.45) is -36.5. The normalized spacial score (nSPS) is 57.7. The van der Waals surface area contributed by atoms with Gasteiger partial charge in [-0.05, 0) is 124 Å². The topological polar surface area (TPSA) is 402 Å². The Bertz CT molecular complexity index is 2420. The fraction of sp³-hybridized carbons (Fsp3) is 0.983. The van der Waals surface area contributed by atoms with E-state index in [9.17, 15) is 76.3 Å². The molecule has 5 aliphatic carbocycles. The second-order valence-electron chi connectivity index (χ2n) is 29.9. The van der Waals surface area contributed by atoms with E-state index in [-0.39, 0.29) is 50.4 Å². The molecule has 6 heterocycles. The van der Waals surface area contributed by atoms with Gasteiger partial charge in [-0.25, -0.2) is 4.79 Å². The van der Waals surface area contributed by atoms with Gasteiger partial charge in [0.2, 0.25) is 0 Å². The minimum Gasteiger partial charge on any atom is -0.479 e. The van der Waals surface area contributed by atoms with Crippen LogP contribution in [0, 0.1) is 50.2 Å². The molecule has 6 saturated heterocycles. The predicted molar refractivity (Wildman–Crippen MR) is 291 cm³/mol. The van der Waals surface area contributed by atoms with Crippen molar-refractivity contribution in [1.82, 2.24) is 0 Å². The minimum absolute atomic E-state index is 0.102. The van der Waals surface area contributed by atoms with E-state index >= 15 is 0 Å². The summed E-state index contributed by atoms with van der Waals surface area (Å²) in [6, 6.07) is 0. The predicted octanol–water partition coefficient (Wildman–Crippen LogP) is -1.35. The summed E-state index contributed by atoms with van der Waals surface area (Å²) in [5.41, 5.74) is -1.61. The number of aliphatic carboxylic acids is 1. The lowest BCUT2D eigenvalue weighted by Gasteiger charge is -2.75. The van der Waals surface area contributed by atoms with Crippen LogP contribution in [0.15, 0.2) is 0 Å². The van der Waals surface area contributed by atoms with Crippen LogP contribution >= 0.6 is 0 Å². The Hall–Kier alpha value is -1.49. The second-order valence-corrected chi connectivity index (χ2v) is 29.9. The Morgan fingerprint density at radius 1 is 0.477 bits per heavy atom. The molecule has 26 heteroatoms. The van der Waals surface area contributed by atoms with E-state index in [1.807, 2.05) is 0 Å². The fourth-order valence-corrected chi connectivity index (χ4v) is 19.4. The van der Waals surface area contributed by atoms with Gasteiger partial charge in [0.15, 0.2) is 37.6 Å². The molecule has 26 nitrogen and oxygen atoms in total. The SMILES string of the molecule is CC1OC(OC2C(C)OC(OC3C(CO)OC(OC4C(C(=O)O)OC(OC5CCC6(C)C(CCC7(C)C6CCC68OCC9(CCC(C)(C)CC96)C(O)CC78C)C5(C)C)C(O)C4O)C(OC4OC(C)C(O)C(O)C4O)C3O)C(O)C2O)C(O)C(O)C1O. The molecular formula is C60H98O26. The van der Waals surface area contributed by atoms with Gasteiger partial charge in [0.05, 0.1) is 49.3 Å². The highest BCUT2D eigenvalue weighted by Crippen LogP contribution is 2.80.